The summed E-state index contributed by atoms with van der Waals surface area (Å²) < 4.78 is 38.7. The average Bonchev–Trinajstić information content (AvgIpc) is 2.98. The van der Waals surface area contributed by atoms with Crippen LogP contribution in [0.15, 0.2) is 18.2 Å². The monoisotopic (exact) mass is 283 g/mol. The van der Waals surface area contributed by atoms with Gasteiger partial charge >= 0.3 is 0 Å². The van der Waals surface area contributed by atoms with Gasteiger partial charge in [0.25, 0.3) is 0 Å². The molecule has 5 heteroatoms. The van der Waals surface area contributed by atoms with E-state index in [2.05, 4.69) is 0 Å². The standard InChI is InChI=1S/C15H19F2NO2/c16-12-3-1-4-13(17)11(12)9-18-6-8-20-15(10-18)14-5-2-7-19-14/h1,3-4,14-15H,2,5-10H2/t14-,15+/m0/s1. The van der Waals surface area contributed by atoms with Crippen LogP contribution in [0.25, 0.3) is 0 Å². The fourth-order valence-corrected chi connectivity index (χ4v) is 2.90. The largest absolute Gasteiger partial charge is 0.375 e. The molecule has 1 aromatic rings. The molecule has 0 unspecified atom stereocenters. The van der Waals surface area contributed by atoms with E-state index < -0.39 is 11.6 Å². The number of hydrogen-bond donors (Lipinski definition) is 0. The molecule has 2 atom stereocenters. The first-order chi connectivity index (χ1) is 9.74. The number of hydrogen-bond acceptors (Lipinski definition) is 3. The smallest absolute Gasteiger partial charge is 0.130 e. The minimum Gasteiger partial charge on any atom is -0.375 e. The lowest BCUT2D eigenvalue weighted by Gasteiger charge is -2.35. The summed E-state index contributed by atoms with van der Waals surface area (Å²) >= 11 is 0. The van der Waals surface area contributed by atoms with Crippen LogP contribution in [0.2, 0.25) is 0 Å². The zero-order valence-electron chi connectivity index (χ0n) is 11.4. The third-order valence-corrected chi connectivity index (χ3v) is 4.00. The van der Waals surface area contributed by atoms with Crippen LogP contribution in [-0.4, -0.2) is 43.4 Å². The van der Waals surface area contributed by atoms with Crippen molar-refractivity contribution in [2.45, 2.75) is 31.6 Å². The van der Waals surface area contributed by atoms with Gasteiger partial charge in [0, 0.05) is 31.8 Å². The Balaban J connectivity index is 1.65. The number of ether oxygens (including phenoxy) is 2. The molecular weight excluding hydrogens is 264 g/mol. The lowest BCUT2D eigenvalue weighted by molar-refractivity contribution is -0.0962. The second kappa shape index (κ2) is 6.16. The minimum atomic E-state index is -0.481. The second-order valence-corrected chi connectivity index (χ2v) is 5.40. The molecule has 3 rings (SSSR count). The Labute approximate surface area is 117 Å². The molecule has 2 aliphatic rings. The molecular formula is C15H19F2NO2. The van der Waals surface area contributed by atoms with Crippen molar-refractivity contribution in [1.82, 2.24) is 4.90 Å². The Kier molecular flexibility index (Phi) is 4.29. The van der Waals surface area contributed by atoms with Crippen molar-refractivity contribution in [2.75, 3.05) is 26.3 Å². The van der Waals surface area contributed by atoms with E-state index in [0.29, 0.717) is 19.7 Å². The SMILES string of the molecule is Fc1cccc(F)c1CN1CCO[C@@H]([C@@H]2CCCO2)C1. The van der Waals surface area contributed by atoms with Crippen LogP contribution in [0, 0.1) is 11.6 Å². The number of halogens is 2. The highest BCUT2D eigenvalue weighted by atomic mass is 19.1. The van der Waals surface area contributed by atoms with Crippen LogP contribution in [0.1, 0.15) is 18.4 Å². The van der Waals surface area contributed by atoms with Crippen molar-refractivity contribution in [3.8, 4) is 0 Å². The summed E-state index contributed by atoms with van der Waals surface area (Å²) in [7, 11) is 0. The van der Waals surface area contributed by atoms with Crippen molar-refractivity contribution in [3.05, 3.63) is 35.4 Å². The summed E-state index contributed by atoms with van der Waals surface area (Å²) in [5.74, 6) is -0.963. The van der Waals surface area contributed by atoms with Crippen molar-refractivity contribution in [1.29, 1.82) is 0 Å². The van der Waals surface area contributed by atoms with E-state index >= 15 is 0 Å². The Morgan fingerprint density at radius 2 is 1.85 bits per heavy atom. The normalized spacial score (nSPS) is 27.9. The number of nitrogens with zero attached hydrogens (tertiary/aromatic N) is 1. The zero-order chi connectivity index (χ0) is 13.9. The van der Waals surface area contributed by atoms with E-state index in [4.69, 9.17) is 9.47 Å². The Hall–Kier alpha value is -1.04. The maximum Gasteiger partial charge on any atom is 0.130 e. The average molecular weight is 283 g/mol. The van der Waals surface area contributed by atoms with Gasteiger partial charge in [0.15, 0.2) is 0 Å². The van der Waals surface area contributed by atoms with Crippen molar-refractivity contribution in [2.24, 2.45) is 0 Å². The Bertz CT molecular complexity index is 443. The van der Waals surface area contributed by atoms with Gasteiger partial charge in [-0.2, -0.15) is 0 Å². The van der Waals surface area contributed by atoms with Crippen LogP contribution in [-0.2, 0) is 16.0 Å². The first kappa shape index (κ1) is 13.9. The maximum atomic E-state index is 13.7. The van der Waals surface area contributed by atoms with E-state index in [0.717, 1.165) is 19.4 Å². The first-order valence-corrected chi connectivity index (χ1v) is 7.12. The lowest BCUT2D eigenvalue weighted by atomic mass is 10.1. The highest BCUT2D eigenvalue weighted by Gasteiger charge is 2.31. The molecule has 20 heavy (non-hydrogen) atoms. The van der Waals surface area contributed by atoms with Gasteiger partial charge in [0.2, 0.25) is 0 Å². The molecule has 0 aromatic heterocycles. The van der Waals surface area contributed by atoms with E-state index in [1.165, 1.54) is 18.2 Å². The Morgan fingerprint density at radius 1 is 1.10 bits per heavy atom. The van der Waals surface area contributed by atoms with Gasteiger partial charge in [0.05, 0.1) is 18.8 Å². The van der Waals surface area contributed by atoms with Gasteiger partial charge in [0.1, 0.15) is 11.6 Å². The molecule has 0 aliphatic carbocycles. The molecule has 0 N–H and O–H groups in total. The molecule has 1 aromatic carbocycles. The summed E-state index contributed by atoms with van der Waals surface area (Å²) in [5, 5.41) is 0. The van der Waals surface area contributed by atoms with Crippen LogP contribution in [0.5, 0.6) is 0 Å². The first-order valence-electron chi connectivity index (χ1n) is 7.12. The molecule has 2 heterocycles. The maximum absolute atomic E-state index is 13.7. The van der Waals surface area contributed by atoms with Crippen LogP contribution >= 0.6 is 0 Å². The molecule has 2 fully saturated rings. The van der Waals surface area contributed by atoms with Crippen molar-refractivity contribution < 1.29 is 18.3 Å². The van der Waals surface area contributed by atoms with Gasteiger partial charge in [-0.3, -0.25) is 4.90 Å². The van der Waals surface area contributed by atoms with Gasteiger partial charge < -0.3 is 9.47 Å². The fraction of sp³-hybridized carbons (Fsp3) is 0.600. The molecule has 0 saturated carbocycles. The third kappa shape index (κ3) is 3.00. The second-order valence-electron chi connectivity index (χ2n) is 5.40. The predicted octanol–water partition coefficient (Wildman–Crippen LogP) is 2.34. The zero-order valence-corrected chi connectivity index (χ0v) is 11.4. The van der Waals surface area contributed by atoms with E-state index in [1.54, 1.807) is 0 Å². The molecule has 3 nitrogen and oxygen atoms in total. The highest BCUT2D eigenvalue weighted by Crippen LogP contribution is 2.22. The minimum absolute atomic E-state index is 0.0149. The molecule has 0 radical (unpaired) electrons. The number of benzene rings is 1. The van der Waals surface area contributed by atoms with Gasteiger partial charge in [-0.25, -0.2) is 8.78 Å². The summed E-state index contributed by atoms with van der Waals surface area (Å²) in [6, 6.07) is 4.00. The van der Waals surface area contributed by atoms with Gasteiger partial charge in [-0.15, -0.1) is 0 Å². The third-order valence-electron chi connectivity index (χ3n) is 4.00. The van der Waals surface area contributed by atoms with Crippen molar-refractivity contribution in [3.63, 3.8) is 0 Å². The van der Waals surface area contributed by atoms with E-state index in [-0.39, 0.29) is 24.3 Å². The summed E-state index contributed by atoms with van der Waals surface area (Å²) in [4.78, 5) is 2.04. The van der Waals surface area contributed by atoms with Gasteiger partial charge in [-0.05, 0) is 25.0 Å². The topological polar surface area (TPSA) is 21.7 Å². The molecule has 0 amide bonds. The van der Waals surface area contributed by atoms with E-state index in [9.17, 15) is 8.78 Å². The fourth-order valence-electron chi connectivity index (χ4n) is 2.90. The lowest BCUT2D eigenvalue weighted by Crippen LogP contribution is -2.47. The van der Waals surface area contributed by atoms with Crippen LogP contribution < -0.4 is 0 Å². The molecule has 110 valence electrons. The number of morpholine rings is 1. The molecule has 2 aliphatic heterocycles. The summed E-state index contributed by atoms with van der Waals surface area (Å²) in [6.07, 6.45) is 2.21. The highest BCUT2D eigenvalue weighted by molar-refractivity contribution is 5.19. The van der Waals surface area contributed by atoms with Gasteiger partial charge in [-0.1, -0.05) is 6.07 Å². The molecule has 0 spiro atoms. The van der Waals surface area contributed by atoms with Crippen molar-refractivity contribution >= 4 is 0 Å². The summed E-state index contributed by atoms with van der Waals surface area (Å²) in [5.41, 5.74) is 0.139. The van der Waals surface area contributed by atoms with Crippen LogP contribution in [0.4, 0.5) is 8.78 Å². The van der Waals surface area contributed by atoms with Crippen LogP contribution in [0.3, 0.4) is 0 Å². The summed E-state index contributed by atoms with van der Waals surface area (Å²) in [6.45, 7) is 3.01. The molecule has 2 saturated heterocycles. The quantitative estimate of drug-likeness (QED) is 0.850. The number of rotatable bonds is 3. The van der Waals surface area contributed by atoms with E-state index in [1.807, 2.05) is 4.90 Å². The Morgan fingerprint density at radius 3 is 2.55 bits per heavy atom. The molecule has 0 bridgehead atoms. The predicted molar refractivity (Wildman–Crippen MR) is 70.3 cm³/mol.